The molecule has 2 nitrogen and oxygen atoms in total. The predicted molar refractivity (Wildman–Crippen MR) is 68.1 cm³/mol. The second-order valence-electron chi connectivity index (χ2n) is 4.44. The first-order chi connectivity index (χ1) is 7.66. The number of esters is 1. The van der Waals surface area contributed by atoms with Crippen LogP contribution in [0.5, 0.6) is 0 Å². The molecule has 0 aliphatic rings. The average Bonchev–Trinajstić information content (AvgIpc) is 2.25. The van der Waals surface area contributed by atoms with Gasteiger partial charge in [0.25, 0.3) is 0 Å². The Morgan fingerprint density at radius 2 is 1.56 bits per heavy atom. The first-order valence-corrected chi connectivity index (χ1v) is 6.49. The predicted octanol–water partition coefficient (Wildman–Crippen LogP) is 4.59. The van der Waals surface area contributed by atoms with Gasteiger partial charge in [0, 0.05) is 6.92 Å². The molecule has 0 aliphatic heterocycles. The molecule has 0 rings (SSSR count). The van der Waals surface area contributed by atoms with Gasteiger partial charge in [0.15, 0.2) is 0 Å². The van der Waals surface area contributed by atoms with Crippen molar-refractivity contribution in [3.8, 4) is 0 Å². The van der Waals surface area contributed by atoms with Crippen molar-refractivity contribution in [3.63, 3.8) is 0 Å². The molecule has 0 aromatic heterocycles. The van der Waals surface area contributed by atoms with Crippen molar-refractivity contribution >= 4 is 5.97 Å². The van der Waals surface area contributed by atoms with Gasteiger partial charge in [-0.3, -0.25) is 4.79 Å². The van der Waals surface area contributed by atoms with E-state index in [9.17, 15) is 4.79 Å². The zero-order valence-corrected chi connectivity index (χ0v) is 11.1. The van der Waals surface area contributed by atoms with Crippen molar-refractivity contribution in [1.82, 2.24) is 0 Å². The number of allylic oxidation sites excluding steroid dienone is 1. The summed E-state index contributed by atoms with van der Waals surface area (Å²) in [6, 6.07) is 0. The molecule has 0 atom stereocenters. The molecule has 0 bridgehead atoms. The van der Waals surface area contributed by atoms with E-state index in [-0.39, 0.29) is 5.97 Å². The zero-order chi connectivity index (χ0) is 12.2. The van der Waals surface area contributed by atoms with Crippen LogP contribution in [-0.2, 0) is 9.53 Å². The van der Waals surface area contributed by atoms with Crippen molar-refractivity contribution in [3.05, 3.63) is 11.8 Å². The highest BCUT2D eigenvalue weighted by atomic mass is 16.5. The van der Waals surface area contributed by atoms with Crippen LogP contribution in [-0.4, -0.2) is 5.97 Å². The average molecular weight is 226 g/mol. The van der Waals surface area contributed by atoms with Gasteiger partial charge < -0.3 is 4.74 Å². The Hall–Kier alpha value is -0.790. The largest absolute Gasteiger partial charge is 0.435 e. The number of ether oxygens (including phenoxy) is 1. The smallest absolute Gasteiger partial charge is 0.307 e. The molecule has 0 unspecified atom stereocenters. The van der Waals surface area contributed by atoms with Crippen LogP contribution in [0.3, 0.4) is 0 Å². The molecule has 0 fully saturated rings. The molecule has 0 saturated heterocycles. The molecule has 0 spiro atoms. The van der Waals surface area contributed by atoms with Crippen LogP contribution in [0.2, 0.25) is 0 Å². The molecular formula is C14H26O2. The number of unbranched alkanes of at least 4 members (excludes halogenated alkanes) is 6. The van der Waals surface area contributed by atoms with Crippen LogP contribution < -0.4 is 0 Å². The fourth-order valence-corrected chi connectivity index (χ4v) is 1.60. The minimum absolute atomic E-state index is 0.237. The van der Waals surface area contributed by atoms with E-state index in [1.165, 1.54) is 51.9 Å². The van der Waals surface area contributed by atoms with Gasteiger partial charge in [0.05, 0.1) is 6.26 Å². The minimum atomic E-state index is -0.237. The van der Waals surface area contributed by atoms with Crippen LogP contribution in [0.1, 0.15) is 72.1 Å². The maximum atomic E-state index is 10.6. The summed E-state index contributed by atoms with van der Waals surface area (Å²) in [4.78, 5) is 10.6. The topological polar surface area (TPSA) is 26.3 Å². The van der Waals surface area contributed by atoms with E-state index in [1.54, 1.807) is 6.26 Å². The normalized spacial score (nSPS) is 11.6. The Morgan fingerprint density at radius 3 is 2.12 bits per heavy atom. The fraction of sp³-hybridized carbons (Fsp3) is 0.786. The summed E-state index contributed by atoms with van der Waals surface area (Å²) in [5.41, 5.74) is 1.16. The molecule has 0 aromatic rings. The van der Waals surface area contributed by atoms with Gasteiger partial charge >= 0.3 is 5.97 Å². The summed E-state index contributed by atoms with van der Waals surface area (Å²) in [5, 5.41) is 0. The maximum absolute atomic E-state index is 10.6. The van der Waals surface area contributed by atoms with E-state index < -0.39 is 0 Å². The van der Waals surface area contributed by atoms with Crippen LogP contribution in [0.15, 0.2) is 11.8 Å². The molecule has 0 radical (unpaired) electrons. The molecule has 0 N–H and O–H groups in total. The first kappa shape index (κ1) is 15.2. The second-order valence-corrected chi connectivity index (χ2v) is 4.44. The van der Waals surface area contributed by atoms with E-state index in [2.05, 4.69) is 6.92 Å². The standard InChI is InChI=1S/C14H26O2/c1-4-5-6-7-8-9-10-11-13(2)12-16-14(3)15/h12H,4-11H2,1-3H3. The lowest BCUT2D eigenvalue weighted by atomic mass is 10.1. The number of hydrogen-bond acceptors (Lipinski definition) is 2. The molecule has 2 heteroatoms. The van der Waals surface area contributed by atoms with Gasteiger partial charge in [-0.15, -0.1) is 0 Å². The van der Waals surface area contributed by atoms with E-state index in [0.717, 1.165) is 12.0 Å². The Morgan fingerprint density at radius 1 is 1.00 bits per heavy atom. The monoisotopic (exact) mass is 226 g/mol. The molecule has 94 valence electrons. The fourth-order valence-electron chi connectivity index (χ4n) is 1.60. The van der Waals surface area contributed by atoms with Crippen molar-refractivity contribution in [1.29, 1.82) is 0 Å². The molecule has 0 amide bonds. The first-order valence-electron chi connectivity index (χ1n) is 6.49. The highest BCUT2D eigenvalue weighted by molar-refractivity contribution is 5.66. The van der Waals surface area contributed by atoms with Crippen LogP contribution >= 0.6 is 0 Å². The van der Waals surface area contributed by atoms with Gasteiger partial charge in [-0.1, -0.05) is 45.4 Å². The highest BCUT2D eigenvalue weighted by Gasteiger charge is 1.94. The third-order valence-electron chi connectivity index (χ3n) is 2.60. The highest BCUT2D eigenvalue weighted by Crippen LogP contribution is 2.11. The van der Waals surface area contributed by atoms with E-state index in [0.29, 0.717) is 0 Å². The second kappa shape index (κ2) is 10.7. The van der Waals surface area contributed by atoms with Gasteiger partial charge in [-0.25, -0.2) is 0 Å². The van der Waals surface area contributed by atoms with Crippen LogP contribution in [0.25, 0.3) is 0 Å². The van der Waals surface area contributed by atoms with E-state index in [1.807, 2.05) is 6.92 Å². The molecule has 0 heterocycles. The van der Waals surface area contributed by atoms with Gasteiger partial charge in [0.1, 0.15) is 0 Å². The van der Waals surface area contributed by atoms with Crippen LogP contribution in [0.4, 0.5) is 0 Å². The lowest BCUT2D eigenvalue weighted by Crippen LogP contribution is -1.91. The van der Waals surface area contributed by atoms with Crippen molar-refractivity contribution < 1.29 is 9.53 Å². The molecule has 0 aromatic carbocycles. The Labute approximate surface area is 100 Å². The van der Waals surface area contributed by atoms with E-state index in [4.69, 9.17) is 4.74 Å². The quantitative estimate of drug-likeness (QED) is 0.326. The molecule has 16 heavy (non-hydrogen) atoms. The molecular weight excluding hydrogens is 200 g/mol. The third-order valence-corrected chi connectivity index (χ3v) is 2.60. The SMILES string of the molecule is CCCCCCCCCC(C)=COC(C)=O. The van der Waals surface area contributed by atoms with E-state index >= 15 is 0 Å². The summed E-state index contributed by atoms with van der Waals surface area (Å²) in [7, 11) is 0. The minimum Gasteiger partial charge on any atom is -0.435 e. The summed E-state index contributed by atoms with van der Waals surface area (Å²) in [6.45, 7) is 5.68. The number of rotatable bonds is 9. The van der Waals surface area contributed by atoms with Crippen LogP contribution in [0, 0.1) is 0 Å². The van der Waals surface area contributed by atoms with Gasteiger partial charge in [0.2, 0.25) is 0 Å². The van der Waals surface area contributed by atoms with Crippen molar-refractivity contribution in [2.75, 3.05) is 0 Å². The summed E-state index contributed by atoms with van der Waals surface area (Å²) in [6.07, 6.45) is 11.9. The van der Waals surface area contributed by atoms with Crippen molar-refractivity contribution in [2.24, 2.45) is 0 Å². The lowest BCUT2D eigenvalue weighted by Gasteiger charge is -2.02. The van der Waals surface area contributed by atoms with Gasteiger partial charge in [-0.2, -0.15) is 0 Å². The lowest BCUT2D eigenvalue weighted by molar-refractivity contribution is -0.135. The molecule has 0 aliphatic carbocycles. The summed E-state index contributed by atoms with van der Waals surface area (Å²) in [5.74, 6) is -0.237. The van der Waals surface area contributed by atoms with Crippen molar-refractivity contribution in [2.45, 2.75) is 72.1 Å². The molecule has 0 saturated carbocycles. The summed E-state index contributed by atoms with van der Waals surface area (Å²) >= 11 is 0. The Kier molecular flexibility index (Phi) is 10.2. The van der Waals surface area contributed by atoms with Gasteiger partial charge in [-0.05, 0) is 25.3 Å². The third kappa shape index (κ3) is 11.3. The number of carbonyl (C=O) groups excluding carboxylic acids is 1. The Balaban J connectivity index is 3.30. The Bertz CT molecular complexity index is 207. The number of hydrogen-bond donors (Lipinski definition) is 0. The maximum Gasteiger partial charge on any atom is 0.307 e. The summed E-state index contributed by atoms with van der Waals surface area (Å²) < 4.78 is 4.81. The number of carbonyl (C=O) groups is 1. The zero-order valence-electron chi connectivity index (χ0n) is 11.1.